The van der Waals surface area contributed by atoms with Crippen LogP contribution in [0, 0.1) is 0 Å². The van der Waals surface area contributed by atoms with Gasteiger partial charge in [-0.05, 0) is 31.2 Å². The van der Waals surface area contributed by atoms with Crippen LogP contribution in [0.4, 0.5) is 39.5 Å². The second-order valence-electron chi connectivity index (χ2n) is 5.81. The number of rotatable bonds is 10. The lowest BCUT2D eigenvalue weighted by atomic mass is 10.1. The number of halogens is 9. The Morgan fingerprint density at radius 1 is 0.903 bits per heavy atom. The van der Waals surface area contributed by atoms with Crippen LogP contribution in [0.3, 0.4) is 0 Å². The molecule has 0 bridgehead atoms. The first-order chi connectivity index (χ1) is 13.9. The fraction of sp³-hybridized carbons (Fsp3) is 0.533. The molecule has 0 fully saturated rings. The van der Waals surface area contributed by atoms with Gasteiger partial charge in [0.2, 0.25) is 0 Å². The zero-order valence-corrected chi connectivity index (χ0v) is 16.1. The molecule has 0 aromatic heterocycles. The minimum atomic E-state index is -6.02. The molecule has 6 nitrogen and oxygen atoms in total. The van der Waals surface area contributed by atoms with Crippen molar-refractivity contribution in [1.29, 1.82) is 0 Å². The molecule has 0 aliphatic heterocycles. The maximum absolute atomic E-state index is 13.7. The van der Waals surface area contributed by atoms with E-state index in [9.17, 15) is 52.7 Å². The average molecular weight is 491 g/mol. The number of nitrogens with one attached hydrogen (secondary N) is 1. The van der Waals surface area contributed by atoms with Gasteiger partial charge in [-0.25, -0.2) is 4.72 Å². The monoisotopic (exact) mass is 491 g/mol. The van der Waals surface area contributed by atoms with Crippen LogP contribution in [-0.4, -0.2) is 57.4 Å². The van der Waals surface area contributed by atoms with Crippen molar-refractivity contribution in [3.8, 4) is 5.75 Å². The van der Waals surface area contributed by atoms with Gasteiger partial charge in [0.05, 0.1) is 0 Å². The van der Waals surface area contributed by atoms with Gasteiger partial charge in [-0.15, -0.1) is 0 Å². The molecule has 0 heterocycles. The number of hydrogen-bond acceptors (Lipinski definition) is 5. The third-order valence-corrected chi connectivity index (χ3v) is 4.54. The minimum Gasteiger partial charge on any atom is -0.487 e. The Balaban J connectivity index is 2.86. The van der Waals surface area contributed by atoms with Gasteiger partial charge in [-0.3, -0.25) is 4.79 Å². The van der Waals surface area contributed by atoms with Crippen LogP contribution in [0.2, 0.25) is 0 Å². The third-order valence-electron chi connectivity index (χ3n) is 3.47. The Hall–Kier alpha value is -2.23. The topological polar surface area (TPSA) is 81.7 Å². The zero-order valence-electron chi connectivity index (χ0n) is 15.3. The quantitative estimate of drug-likeness (QED) is 0.506. The van der Waals surface area contributed by atoms with Gasteiger partial charge in [-0.2, -0.15) is 47.9 Å². The summed E-state index contributed by atoms with van der Waals surface area (Å²) >= 11 is 0. The van der Waals surface area contributed by atoms with E-state index in [1.807, 2.05) is 0 Å². The Labute approximate surface area is 169 Å². The van der Waals surface area contributed by atoms with Crippen molar-refractivity contribution in [2.75, 3.05) is 19.8 Å². The number of alkyl halides is 9. The van der Waals surface area contributed by atoms with E-state index in [0.717, 1.165) is 0 Å². The van der Waals surface area contributed by atoms with E-state index in [2.05, 4.69) is 9.47 Å². The summed E-state index contributed by atoms with van der Waals surface area (Å²) in [6.45, 7) is -3.46. The van der Waals surface area contributed by atoms with E-state index < -0.39 is 70.3 Å². The molecule has 0 atom stereocenters. The fourth-order valence-electron chi connectivity index (χ4n) is 1.79. The fourth-order valence-corrected chi connectivity index (χ4v) is 2.27. The van der Waals surface area contributed by atoms with Crippen LogP contribution in [0.25, 0.3) is 0 Å². The molecule has 0 spiro atoms. The highest BCUT2D eigenvalue weighted by atomic mass is 32.2. The molecule has 16 heteroatoms. The number of carbonyl (C=O) groups is 1. The maximum Gasteiger partial charge on any atom is 0.516 e. The first-order valence-electron chi connectivity index (χ1n) is 7.95. The summed E-state index contributed by atoms with van der Waals surface area (Å²) in [6.07, 6.45) is 0. The van der Waals surface area contributed by atoms with E-state index in [-0.39, 0.29) is 0 Å². The van der Waals surface area contributed by atoms with Crippen molar-refractivity contribution in [1.82, 2.24) is 4.72 Å². The molecule has 1 aromatic rings. The van der Waals surface area contributed by atoms with E-state index in [1.165, 1.54) is 6.92 Å². The second-order valence-corrected chi connectivity index (χ2v) is 7.49. The summed E-state index contributed by atoms with van der Waals surface area (Å²) in [6, 6.07) is 2.52. The molecule has 0 radical (unpaired) electrons. The maximum atomic E-state index is 13.7. The Kier molecular flexibility index (Phi) is 7.87. The van der Waals surface area contributed by atoms with Gasteiger partial charge in [0, 0.05) is 12.2 Å². The molecule has 0 saturated heterocycles. The van der Waals surface area contributed by atoms with Crippen molar-refractivity contribution < 1.29 is 62.2 Å². The van der Waals surface area contributed by atoms with Crippen LogP contribution in [-0.2, 0) is 14.8 Å². The Bertz CT molecular complexity index is 870. The smallest absolute Gasteiger partial charge is 0.487 e. The lowest BCUT2D eigenvalue weighted by Gasteiger charge is -2.32. The van der Waals surface area contributed by atoms with Crippen molar-refractivity contribution >= 4 is 15.9 Å². The van der Waals surface area contributed by atoms with E-state index in [4.69, 9.17) is 0 Å². The number of sulfonamides is 1. The Morgan fingerprint density at radius 2 is 1.39 bits per heavy atom. The van der Waals surface area contributed by atoms with Crippen LogP contribution in [0.15, 0.2) is 24.3 Å². The number of carbonyl (C=O) groups excluding carboxylic acids is 1. The van der Waals surface area contributed by atoms with Crippen molar-refractivity contribution in [3.63, 3.8) is 0 Å². The van der Waals surface area contributed by atoms with Gasteiger partial charge < -0.3 is 9.47 Å². The molecule has 0 aliphatic carbocycles. The number of benzene rings is 1. The van der Waals surface area contributed by atoms with E-state index in [1.54, 1.807) is 0 Å². The molecular formula is C15H14F9NO5S. The summed E-state index contributed by atoms with van der Waals surface area (Å²) < 4.78 is 149. The van der Waals surface area contributed by atoms with Gasteiger partial charge in [-0.1, -0.05) is 0 Å². The molecule has 1 rings (SSSR count). The first-order valence-corrected chi connectivity index (χ1v) is 9.44. The van der Waals surface area contributed by atoms with E-state index in [0.29, 0.717) is 29.0 Å². The van der Waals surface area contributed by atoms with Gasteiger partial charge in [0.15, 0.2) is 6.61 Å². The van der Waals surface area contributed by atoms with Gasteiger partial charge >= 0.3 is 33.3 Å². The summed E-state index contributed by atoms with van der Waals surface area (Å²) in [7, 11) is -6.02. The SMILES string of the molecule is CCOCC(F)(F)C(F)(F)C(F)(F)COc1ccc(C(=O)NS(=O)(=O)C(F)(F)F)cc1. The first kappa shape index (κ1) is 26.8. The highest BCUT2D eigenvalue weighted by Crippen LogP contribution is 2.46. The normalized spacial score (nSPS) is 13.7. The molecule has 1 N–H and O–H groups in total. The van der Waals surface area contributed by atoms with Crippen molar-refractivity contribution in [2.24, 2.45) is 0 Å². The molecule has 0 unspecified atom stereocenters. The molecule has 1 aromatic carbocycles. The molecule has 0 aliphatic rings. The van der Waals surface area contributed by atoms with E-state index >= 15 is 0 Å². The van der Waals surface area contributed by atoms with Crippen LogP contribution in [0.1, 0.15) is 17.3 Å². The molecule has 1 amide bonds. The summed E-state index contributed by atoms with van der Waals surface area (Å²) in [5.74, 6) is -18.9. The summed E-state index contributed by atoms with van der Waals surface area (Å²) in [5, 5.41) is 0. The second kappa shape index (κ2) is 9.10. The number of ether oxygens (including phenoxy) is 2. The van der Waals surface area contributed by atoms with Crippen molar-refractivity contribution in [2.45, 2.75) is 30.2 Å². The predicted molar refractivity (Wildman–Crippen MR) is 85.7 cm³/mol. The van der Waals surface area contributed by atoms with Gasteiger partial charge in [0.25, 0.3) is 5.91 Å². The predicted octanol–water partition coefficient (Wildman–Crippen LogP) is 3.59. The highest BCUT2D eigenvalue weighted by Gasteiger charge is 2.71. The number of amides is 1. The standard InChI is InChI=1S/C15H14F9NO5S/c1-2-29-7-12(16,17)14(20,21)13(18,19)8-30-10-5-3-9(4-6-10)11(26)25-31(27,28)15(22,23)24/h3-6H,2,7-8H2,1H3,(H,25,26). The molecule has 31 heavy (non-hydrogen) atoms. The molecule has 0 saturated carbocycles. The largest absolute Gasteiger partial charge is 0.516 e. The van der Waals surface area contributed by atoms with Crippen molar-refractivity contribution in [3.05, 3.63) is 29.8 Å². The van der Waals surface area contributed by atoms with Gasteiger partial charge in [0.1, 0.15) is 12.4 Å². The zero-order chi connectivity index (χ0) is 24.3. The third kappa shape index (κ3) is 6.15. The van der Waals surface area contributed by atoms with Crippen LogP contribution >= 0.6 is 0 Å². The minimum absolute atomic E-state index is 0.433. The van der Waals surface area contributed by atoms with Crippen LogP contribution < -0.4 is 9.46 Å². The average Bonchev–Trinajstić information content (AvgIpc) is 2.63. The summed E-state index contributed by atoms with van der Waals surface area (Å²) in [4.78, 5) is 11.5. The molecular weight excluding hydrogens is 477 g/mol. The lowest BCUT2D eigenvalue weighted by molar-refractivity contribution is -0.324. The van der Waals surface area contributed by atoms with Crippen LogP contribution in [0.5, 0.6) is 5.75 Å². The summed E-state index contributed by atoms with van der Waals surface area (Å²) in [5.41, 5.74) is -6.48. The Morgan fingerprint density at radius 3 is 1.84 bits per heavy atom. The molecule has 178 valence electrons. The highest BCUT2D eigenvalue weighted by molar-refractivity contribution is 7.90. The lowest BCUT2D eigenvalue weighted by Crippen LogP contribution is -2.58. The number of hydrogen-bond donors (Lipinski definition) is 1.